The van der Waals surface area contributed by atoms with E-state index < -0.39 is 17.7 Å². The second-order valence-electron chi connectivity index (χ2n) is 6.68. The maximum atomic E-state index is 12.9. The molecule has 1 aliphatic heterocycles. The highest BCUT2D eigenvalue weighted by Crippen LogP contribution is 2.41. The van der Waals surface area contributed by atoms with Crippen molar-refractivity contribution in [1.82, 2.24) is 4.90 Å². The van der Waals surface area contributed by atoms with Crippen molar-refractivity contribution < 1.29 is 28.3 Å². The minimum atomic E-state index is -0.865. The van der Waals surface area contributed by atoms with Crippen molar-refractivity contribution in [1.29, 1.82) is 0 Å². The average Bonchev–Trinajstić information content (AvgIpc) is 3.45. The smallest absolute Gasteiger partial charge is 0.296 e. The summed E-state index contributed by atoms with van der Waals surface area (Å²) in [5, 5.41) is 10.9. The summed E-state index contributed by atoms with van der Waals surface area (Å²) >= 11 is 0. The molecule has 1 N–H and O–H groups in total. The van der Waals surface area contributed by atoms with E-state index >= 15 is 0 Å². The molecular weight excluding hydrogens is 374 g/mol. The number of ketones is 1. The number of nitrogens with zero attached hydrogens (tertiary/aromatic N) is 1. The number of rotatable bonds is 5. The third-order valence-electron chi connectivity index (χ3n) is 4.84. The van der Waals surface area contributed by atoms with Crippen LogP contribution in [0.2, 0.25) is 0 Å². The van der Waals surface area contributed by atoms with Gasteiger partial charge in [-0.15, -0.1) is 0 Å². The molecule has 1 amide bonds. The largest absolute Gasteiger partial charge is 0.507 e. The Balaban J connectivity index is 1.83. The van der Waals surface area contributed by atoms with Crippen LogP contribution >= 0.6 is 0 Å². The number of hydrogen-bond donors (Lipinski definition) is 1. The summed E-state index contributed by atoms with van der Waals surface area (Å²) in [6, 6.07) is 12.6. The van der Waals surface area contributed by atoms with E-state index in [4.69, 9.17) is 13.6 Å². The maximum Gasteiger partial charge on any atom is 0.296 e. The summed E-state index contributed by atoms with van der Waals surface area (Å²) in [6.45, 7) is 1.84. The van der Waals surface area contributed by atoms with E-state index in [2.05, 4.69) is 0 Å². The van der Waals surface area contributed by atoms with Crippen LogP contribution in [0, 0.1) is 6.92 Å². The Hall–Kier alpha value is -3.74. The van der Waals surface area contributed by atoms with Crippen molar-refractivity contribution in [3.05, 3.63) is 83.2 Å². The minimum Gasteiger partial charge on any atom is -0.507 e. The number of hydrogen-bond acceptors (Lipinski definition) is 6. The van der Waals surface area contributed by atoms with Gasteiger partial charge in [0, 0.05) is 5.56 Å². The molecule has 3 heterocycles. The van der Waals surface area contributed by atoms with E-state index in [1.165, 1.54) is 18.3 Å². The molecule has 0 radical (unpaired) electrons. The minimum absolute atomic E-state index is 0.0268. The van der Waals surface area contributed by atoms with Crippen molar-refractivity contribution in [2.45, 2.75) is 19.5 Å². The number of furan rings is 2. The quantitative estimate of drug-likeness (QED) is 0.402. The standard InChI is InChI=1S/C22H19NO6/c1-13-5-10-17(29-13)19-18(20(24)14-6-8-15(27-2)9-7-14)21(25)22(26)23(19)12-16-4-3-11-28-16/h3-11,19,24H,12H2,1-2H3. The lowest BCUT2D eigenvalue weighted by atomic mass is 9.99. The Kier molecular flexibility index (Phi) is 4.72. The molecule has 0 bridgehead atoms. The van der Waals surface area contributed by atoms with Gasteiger partial charge in [0.2, 0.25) is 0 Å². The Morgan fingerprint density at radius 2 is 1.90 bits per heavy atom. The van der Waals surface area contributed by atoms with Gasteiger partial charge < -0.3 is 23.6 Å². The second kappa shape index (κ2) is 7.35. The number of aliphatic hydroxyl groups excluding tert-OH is 1. The molecular formula is C22H19NO6. The number of aryl methyl sites for hydroxylation is 1. The number of ether oxygens (including phenoxy) is 1. The zero-order valence-electron chi connectivity index (χ0n) is 15.9. The molecule has 29 heavy (non-hydrogen) atoms. The average molecular weight is 393 g/mol. The zero-order chi connectivity index (χ0) is 20.5. The first-order chi connectivity index (χ1) is 14.0. The van der Waals surface area contributed by atoms with Crippen LogP contribution in [0.1, 0.15) is 28.9 Å². The number of aliphatic hydroxyl groups is 1. The van der Waals surface area contributed by atoms with Crippen LogP contribution in [0.15, 0.2) is 69.2 Å². The molecule has 1 atom stereocenters. The van der Waals surface area contributed by atoms with Gasteiger partial charge in [-0.2, -0.15) is 0 Å². The zero-order valence-corrected chi connectivity index (χ0v) is 15.9. The number of likely N-dealkylation sites (tertiary alicyclic amines) is 1. The Morgan fingerprint density at radius 3 is 2.48 bits per heavy atom. The molecule has 3 aromatic rings. The predicted molar refractivity (Wildman–Crippen MR) is 103 cm³/mol. The first-order valence-electron chi connectivity index (χ1n) is 9.01. The topological polar surface area (TPSA) is 93.1 Å². The highest BCUT2D eigenvalue weighted by molar-refractivity contribution is 6.46. The second-order valence-corrected chi connectivity index (χ2v) is 6.68. The van der Waals surface area contributed by atoms with Gasteiger partial charge >= 0.3 is 0 Å². The Bertz CT molecular complexity index is 1070. The van der Waals surface area contributed by atoms with E-state index in [-0.39, 0.29) is 17.9 Å². The van der Waals surface area contributed by atoms with Crippen molar-refractivity contribution in [2.75, 3.05) is 7.11 Å². The van der Waals surface area contributed by atoms with E-state index in [0.717, 1.165) is 0 Å². The summed E-state index contributed by atoms with van der Waals surface area (Å²) < 4.78 is 16.2. The molecule has 2 aromatic heterocycles. The first-order valence-corrected chi connectivity index (χ1v) is 9.01. The first kappa shape index (κ1) is 18.6. The summed E-state index contributed by atoms with van der Waals surface area (Å²) in [5.41, 5.74) is 0.371. The number of carbonyl (C=O) groups excluding carboxylic acids is 2. The van der Waals surface area contributed by atoms with Crippen LogP contribution in [0.3, 0.4) is 0 Å². The van der Waals surface area contributed by atoms with E-state index in [1.807, 2.05) is 0 Å². The lowest BCUT2D eigenvalue weighted by molar-refractivity contribution is -0.140. The lowest BCUT2D eigenvalue weighted by Gasteiger charge is -2.22. The van der Waals surface area contributed by atoms with Gasteiger partial charge in [0.1, 0.15) is 34.8 Å². The molecule has 1 unspecified atom stereocenters. The molecule has 7 nitrogen and oxygen atoms in total. The monoisotopic (exact) mass is 393 g/mol. The van der Waals surface area contributed by atoms with Gasteiger partial charge in [-0.05, 0) is 55.5 Å². The maximum absolute atomic E-state index is 12.9. The summed E-state index contributed by atoms with van der Waals surface area (Å²) in [6.07, 6.45) is 1.50. The third-order valence-corrected chi connectivity index (χ3v) is 4.84. The van der Waals surface area contributed by atoms with Crippen molar-refractivity contribution in [3.8, 4) is 5.75 Å². The van der Waals surface area contributed by atoms with Crippen LogP contribution in [-0.4, -0.2) is 28.8 Å². The van der Waals surface area contributed by atoms with Gasteiger partial charge in [-0.3, -0.25) is 9.59 Å². The summed E-state index contributed by atoms with van der Waals surface area (Å²) in [5.74, 6) is 0.380. The van der Waals surface area contributed by atoms with Crippen molar-refractivity contribution in [3.63, 3.8) is 0 Å². The fourth-order valence-corrected chi connectivity index (χ4v) is 3.41. The number of carbonyl (C=O) groups is 2. The van der Waals surface area contributed by atoms with Crippen LogP contribution in [0.5, 0.6) is 5.75 Å². The normalized spacial score (nSPS) is 18.4. The molecule has 4 rings (SSSR count). The van der Waals surface area contributed by atoms with Gasteiger partial charge in [0.05, 0.1) is 25.5 Å². The van der Waals surface area contributed by atoms with E-state index in [1.54, 1.807) is 55.5 Å². The van der Waals surface area contributed by atoms with Gasteiger partial charge in [0.15, 0.2) is 0 Å². The summed E-state index contributed by atoms with van der Waals surface area (Å²) in [7, 11) is 1.54. The molecule has 1 fully saturated rings. The Labute approximate surface area is 166 Å². The van der Waals surface area contributed by atoms with Gasteiger partial charge in [-0.1, -0.05) is 0 Å². The number of benzene rings is 1. The molecule has 1 aliphatic rings. The van der Waals surface area contributed by atoms with Gasteiger partial charge in [-0.25, -0.2) is 0 Å². The lowest BCUT2D eigenvalue weighted by Crippen LogP contribution is -2.28. The van der Waals surface area contributed by atoms with E-state index in [0.29, 0.717) is 28.6 Å². The van der Waals surface area contributed by atoms with E-state index in [9.17, 15) is 14.7 Å². The van der Waals surface area contributed by atoms with Crippen LogP contribution in [0.4, 0.5) is 0 Å². The molecule has 0 aliphatic carbocycles. The predicted octanol–water partition coefficient (Wildman–Crippen LogP) is 3.81. The van der Waals surface area contributed by atoms with Crippen molar-refractivity contribution in [2.24, 2.45) is 0 Å². The Morgan fingerprint density at radius 1 is 1.14 bits per heavy atom. The van der Waals surface area contributed by atoms with Crippen LogP contribution in [0.25, 0.3) is 5.76 Å². The summed E-state index contributed by atoms with van der Waals surface area (Å²) in [4.78, 5) is 27.0. The fraction of sp³-hybridized carbons (Fsp3) is 0.182. The van der Waals surface area contributed by atoms with Crippen molar-refractivity contribution >= 4 is 17.4 Å². The fourth-order valence-electron chi connectivity index (χ4n) is 3.41. The molecule has 148 valence electrons. The number of methoxy groups -OCH3 is 1. The molecule has 1 aromatic carbocycles. The van der Waals surface area contributed by atoms with Crippen LogP contribution < -0.4 is 4.74 Å². The molecule has 0 spiro atoms. The van der Waals surface area contributed by atoms with Gasteiger partial charge in [0.25, 0.3) is 11.7 Å². The molecule has 7 heteroatoms. The highest BCUT2D eigenvalue weighted by atomic mass is 16.5. The molecule has 0 saturated carbocycles. The highest BCUT2D eigenvalue weighted by Gasteiger charge is 2.47. The van der Waals surface area contributed by atoms with Crippen LogP contribution in [-0.2, 0) is 16.1 Å². The number of Topliss-reactive ketones (excluding diaryl/α,β-unsaturated/α-hetero) is 1. The molecule has 1 saturated heterocycles. The number of amides is 1. The third kappa shape index (κ3) is 3.31. The SMILES string of the molecule is COc1ccc(C(O)=C2C(=O)C(=O)N(Cc3ccco3)C2c2ccc(C)o2)cc1.